The highest BCUT2D eigenvalue weighted by Crippen LogP contribution is 2.48. The van der Waals surface area contributed by atoms with Crippen molar-refractivity contribution in [3.8, 4) is 5.69 Å². The molecule has 31 heavy (non-hydrogen) atoms. The molecule has 0 fully saturated rings. The second-order valence-electron chi connectivity index (χ2n) is 7.18. The average Bonchev–Trinajstić information content (AvgIpc) is 3.20. The minimum absolute atomic E-state index is 0.116. The van der Waals surface area contributed by atoms with Crippen molar-refractivity contribution in [2.75, 3.05) is 10.7 Å². The van der Waals surface area contributed by atoms with Gasteiger partial charge in [-0.2, -0.15) is 0 Å². The number of Topliss-reactive ketones (excluding diaryl/α,β-unsaturated/α-hetero) is 1. The topological polar surface area (TPSA) is 51.0 Å². The van der Waals surface area contributed by atoms with Gasteiger partial charge in [0.05, 0.1) is 23.7 Å². The summed E-state index contributed by atoms with van der Waals surface area (Å²) in [5.41, 5.74) is 3.31. The van der Waals surface area contributed by atoms with Gasteiger partial charge in [-0.15, -0.1) is 10.2 Å². The molecule has 4 aromatic rings. The van der Waals surface area contributed by atoms with Gasteiger partial charge in [-0.3, -0.25) is 9.36 Å². The molecule has 5 rings (SSSR count). The number of fused-ring (bicyclic) bond motifs is 2. The zero-order valence-corrected chi connectivity index (χ0v) is 18.6. The van der Waals surface area contributed by atoms with E-state index < -0.39 is 0 Å². The Hall–Kier alpha value is -3.03. The van der Waals surface area contributed by atoms with Crippen LogP contribution in [0.3, 0.4) is 0 Å². The summed E-state index contributed by atoms with van der Waals surface area (Å²) in [5, 5.41) is 9.70. The van der Waals surface area contributed by atoms with Crippen molar-refractivity contribution in [3.63, 3.8) is 0 Å². The van der Waals surface area contributed by atoms with Gasteiger partial charge in [-0.05, 0) is 43.3 Å². The highest BCUT2D eigenvalue weighted by molar-refractivity contribution is 8.00. The van der Waals surface area contributed by atoms with Gasteiger partial charge < -0.3 is 4.90 Å². The van der Waals surface area contributed by atoms with Crippen molar-refractivity contribution in [3.05, 3.63) is 84.7 Å². The van der Waals surface area contributed by atoms with E-state index in [-0.39, 0.29) is 5.78 Å². The van der Waals surface area contributed by atoms with E-state index in [0.29, 0.717) is 12.3 Å². The first-order chi connectivity index (χ1) is 15.2. The van der Waals surface area contributed by atoms with E-state index in [4.69, 9.17) is 0 Å². The van der Waals surface area contributed by atoms with Crippen LogP contribution in [0.25, 0.3) is 5.69 Å². The number of anilines is 2. The molecule has 3 aromatic carbocycles. The molecular formula is C24H20N4OS2. The van der Waals surface area contributed by atoms with Gasteiger partial charge in [0.1, 0.15) is 5.78 Å². The lowest BCUT2D eigenvalue weighted by molar-refractivity contribution is -0.114. The number of para-hydroxylation sites is 3. The summed E-state index contributed by atoms with van der Waals surface area (Å²) in [5.74, 6) is 1.32. The summed E-state index contributed by atoms with van der Waals surface area (Å²) >= 11 is 3.21. The Kier molecular flexibility index (Phi) is 5.53. The number of hydrogen-bond donors (Lipinski definition) is 0. The number of benzene rings is 3. The lowest BCUT2D eigenvalue weighted by Crippen LogP contribution is -2.22. The molecule has 0 N–H and O–H groups in total. The van der Waals surface area contributed by atoms with E-state index in [1.807, 2.05) is 30.3 Å². The summed E-state index contributed by atoms with van der Waals surface area (Å²) in [6.45, 7) is 2.16. The molecule has 0 amide bonds. The Labute approximate surface area is 189 Å². The standard InChI is InChI=1S/C24H20N4OS2/c1-17(29)16-30-24-26-25-23(28(24)18-9-3-2-4-10-18)15-27-19-11-5-7-13-21(19)31-22-14-8-6-12-20(22)27/h2-14H,15-16H2,1H3. The molecular weight excluding hydrogens is 424 g/mol. The predicted octanol–water partition coefficient (Wildman–Crippen LogP) is 5.75. The summed E-state index contributed by atoms with van der Waals surface area (Å²) in [6, 6.07) is 26.9. The van der Waals surface area contributed by atoms with E-state index in [1.165, 1.54) is 21.6 Å². The third-order valence-electron chi connectivity index (χ3n) is 4.95. The number of carbonyl (C=O) groups is 1. The maximum absolute atomic E-state index is 11.6. The number of ketones is 1. The Morgan fingerprint density at radius 1 is 0.871 bits per heavy atom. The van der Waals surface area contributed by atoms with Gasteiger partial charge in [0.15, 0.2) is 11.0 Å². The van der Waals surface area contributed by atoms with Crippen LogP contribution in [0.1, 0.15) is 12.7 Å². The Bertz CT molecular complexity index is 1190. The fraction of sp³-hybridized carbons (Fsp3) is 0.125. The summed E-state index contributed by atoms with van der Waals surface area (Å²) in [6.07, 6.45) is 0. The first-order valence-electron chi connectivity index (χ1n) is 9.96. The zero-order valence-electron chi connectivity index (χ0n) is 16.9. The van der Waals surface area contributed by atoms with E-state index in [2.05, 4.69) is 68.2 Å². The SMILES string of the molecule is CC(=O)CSc1nnc(CN2c3ccccc3Sc3ccccc32)n1-c1ccccc1. The number of rotatable bonds is 6. The van der Waals surface area contributed by atoms with Crippen molar-refractivity contribution in [2.45, 2.75) is 28.4 Å². The van der Waals surface area contributed by atoms with Crippen molar-refractivity contribution in [2.24, 2.45) is 0 Å². The largest absolute Gasteiger partial charge is 0.332 e. The second kappa shape index (κ2) is 8.61. The molecule has 7 heteroatoms. The normalized spacial score (nSPS) is 12.4. The first-order valence-corrected chi connectivity index (χ1v) is 11.8. The van der Waals surface area contributed by atoms with Gasteiger partial charge in [-0.25, -0.2) is 0 Å². The monoisotopic (exact) mass is 444 g/mol. The molecule has 0 aliphatic carbocycles. The van der Waals surface area contributed by atoms with Crippen molar-refractivity contribution in [1.82, 2.24) is 14.8 Å². The minimum atomic E-state index is 0.116. The maximum Gasteiger partial charge on any atom is 0.196 e. The van der Waals surface area contributed by atoms with Crippen LogP contribution in [0.5, 0.6) is 0 Å². The number of aromatic nitrogens is 3. The smallest absolute Gasteiger partial charge is 0.196 e. The molecule has 0 unspecified atom stereocenters. The maximum atomic E-state index is 11.6. The Balaban J connectivity index is 1.59. The van der Waals surface area contributed by atoms with Gasteiger partial charge >= 0.3 is 0 Å². The van der Waals surface area contributed by atoms with Crippen LogP contribution < -0.4 is 4.90 Å². The van der Waals surface area contributed by atoms with Crippen LogP contribution in [-0.4, -0.2) is 26.3 Å². The van der Waals surface area contributed by atoms with Crippen LogP contribution in [0.2, 0.25) is 0 Å². The lowest BCUT2D eigenvalue weighted by atomic mass is 10.2. The molecule has 0 radical (unpaired) electrons. The third-order valence-corrected chi connectivity index (χ3v) is 7.15. The fourth-order valence-corrected chi connectivity index (χ4v) is 5.46. The Morgan fingerprint density at radius 2 is 1.48 bits per heavy atom. The quantitative estimate of drug-likeness (QED) is 0.353. The molecule has 0 atom stereocenters. The zero-order chi connectivity index (χ0) is 21.2. The summed E-state index contributed by atoms with van der Waals surface area (Å²) < 4.78 is 2.06. The fourth-order valence-electron chi connectivity index (χ4n) is 3.59. The van der Waals surface area contributed by atoms with Crippen LogP contribution in [0.15, 0.2) is 93.8 Å². The highest BCUT2D eigenvalue weighted by Gasteiger charge is 2.25. The Morgan fingerprint density at radius 3 is 2.13 bits per heavy atom. The highest BCUT2D eigenvalue weighted by atomic mass is 32.2. The van der Waals surface area contributed by atoms with Crippen LogP contribution in [0, 0.1) is 0 Å². The first kappa shape index (κ1) is 19.9. The van der Waals surface area contributed by atoms with Gasteiger partial charge in [0.2, 0.25) is 0 Å². The number of hydrogen-bond acceptors (Lipinski definition) is 6. The van der Waals surface area contributed by atoms with Crippen molar-refractivity contribution < 1.29 is 4.79 Å². The van der Waals surface area contributed by atoms with Crippen molar-refractivity contribution >= 4 is 40.7 Å². The van der Waals surface area contributed by atoms with E-state index >= 15 is 0 Å². The summed E-state index contributed by atoms with van der Waals surface area (Å²) in [4.78, 5) is 16.3. The number of carbonyl (C=O) groups excluding carboxylic acids is 1. The van der Waals surface area contributed by atoms with Crippen molar-refractivity contribution in [1.29, 1.82) is 0 Å². The van der Waals surface area contributed by atoms with Crippen LogP contribution >= 0.6 is 23.5 Å². The second-order valence-corrected chi connectivity index (χ2v) is 9.21. The number of nitrogens with zero attached hydrogens (tertiary/aromatic N) is 4. The van der Waals surface area contributed by atoms with Crippen LogP contribution in [0.4, 0.5) is 11.4 Å². The minimum Gasteiger partial charge on any atom is -0.332 e. The van der Waals surface area contributed by atoms with E-state index in [9.17, 15) is 4.79 Å². The lowest BCUT2D eigenvalue weighted by Gasteiger charge is -2.32. The number of thioether (sulfide) groups is 1. The predicted molar refractivity (Wildman–Crippen MR) is 126 cm³/mol. The molecule has 0 saturated carbocycles. The average molecular weight is 445 g/mol. The molecule has 5 nitrogen and oxygen atoms in total. The molecule has 1 aliphatic heterocycles. The molecule has 154 valence electrons. The molecule has 0 saturated heterocycles. The molecule has 0 bridgehead atoms. The van der Waals surface area contributed by atoms with E-state index in [0.717, 1.165) is 28.0 Å². The van der Waals surface area contributed by atoms with Gasteiger partial charge in [0, 0.05) is 15.5 Å². The summed E-state index contributed by atoms with van der Waals surface area (Å²) in [7, 11) is 0. The van der Waals surface area contributed by atoms with Gasteiger partial charge in [-0.1, -0.05) is 66.0 Å². The van der Waals surface area contributed by atoms with Crippen LogP contribution in [-0.2, 0) is 11.3 Å². The molecule has 2 heterocycles. The molecule has 0 spiro atoms. The van der Waals surface area contributed by atoms with E-state index in [1.54, 1.807) is 18.7 Å². The third kappa shape index (κ3) is 3.98. The molecule has 1 aromatic heterocycles. The van der Waals surface area contributed by atoms with Gasteiger partial charge in [0.25, 0.3) is 0 Å². The molecule has 1 aliphatic rings.